The van der Waals surface area contributed by atoms with Crippen molar-refractivity contribution >= 4 is 34.2 Å². The maximum Gasteiger partial charge on any atom is 0.253 e. The van der Waals surface area contributed by atoms with E-state index in [4.69, 9.17) is 5.73 Å². The van der Waals surface area contributed by atoms with Gasteiger partial charge in [-0.05, 0) is 56.4 Å². The molecular formula is C15H22BrClN2O. The van der Waals surface area contributed by atoms with Gasteiger partial charge in [-0.3, -0.25) is 4.79 Å². The highest BCUT2D eigenvalue weighted by atomic mass is 79.9. The molecule has 1 aromatic rings. The van der Waals surface area contributed by atoms with Crippen LogP contribution in [0.1, 0.15) is 35.7 Å². The number of carbonyl (C=O) groups excluding carboxylic acids is 1. The number of likely N-dealkylation sites (tertiary alicyclic amines) is 1. The largest absolute Gasteiger partial charge is 0.339 e. The number of benzene rings is 1. The molecule has 20 heavy (non-hydrogen) atoms. The summed E-state index contributed by atoms with van der Waals surface area (Å²) >= 11 is 3.46. The van der Waals surface area contributed by atoms with Gasteiger partial charge in [0, 0.05) is 29.2 Å². The van der Waals surface area contributed by atoms with E-state index in [2.05, 4.69) is 22.9 Å². The predicted molar refractivity (Wildman–Crippen MR) is 88.4 cm³/mol. The Bertz CT molecular complexity index is 471. The number of hydrogen-bond acceptors (Lipinski definition) is 2. The SMILES string of the molecule is Cc1cc(C(=O)N2CCC(C(C)N)CC2)ccc1Br.Cl. The number of halogens is 2. The molecule has 2 rings (SSSR count). The van der Waals surface area contributed by atoms with Gasteiger partial charge in [-0.1, -0.05) is 15.9 Å². The lowest BCUT2D eigenvalue weighted by molar-refractivity contribution is 0.0681. The van der Waals surface area contributed by atoms with Crippen LogP contribution >= 0.6 is 28.3 Å². The second-order valence-electron chi connectivity index (χ2n) is 5.45. The Hall–Kier alpha value is -0.580. The summed E-state index contributed by atoms with van der Waals surface area (Å²) in [5.41, 5.74) is 7.80. The summed E-state index contributed by atoms with van der Waals surface area (Å²) in [5, 5.41) is 0. The number of aryl methyl sites for hydroxylation is 1. The van der Waals surface area contributed by atoms with E-state index in [9.17, 15) is 4.79 Å². The van der Waals surface area contributed by atoms with Crippen molar-refractivity contribution in [3.8, 4) is 0 Å². The van der Waals surface area contributed by atoms with Gasteiger partial charge in [0.1, 0.15) is 0 Å². The Balaban J connectivity index is 0.00000200. The third kappa shape index (κ3) is 3.96. The smallest absolute Gasteiger partial charge is 0.253 e. The standard InChI is InChI=1S/C15H21BrN2O.ClH/c1-10-9-13(3-4-14(10)16)15(19)18-7-5-12(6-8-18)11(2)17;/h3-4,9,11-12H,5-8,17H2,1-2H3;1H. The lowest BCUT2D eigenvalue weighted by atomic mass is 9.90. The maximum absolute atomic E-state index is 12.4. The van der Waals surface area contributed by atoms with Crippen LogP contribution in [0, 0.1) is 12.8 Å². The van der Waals surface area contributed by atoms with Gasteiger partial charge in [-0.2, -0.15) is 0 Å². The molecule has 1 aromatic carbocycles. The maximum atomic E-state index is 12.4. The zero-order valence-electron chi connectivity index (χ0n) is 11.9. The molecule has 0 bridgehead atoms. The summed E-state index contributed by atoms with van der Waals surface area (Å²) < 4.78 is 1.04. The number of carbonyl (C=O) groups is 1. The Kier molecular flexibility index (Phi) is 6.49. The molecule has 1 aliphatic heterocycles. The van der Waals surface area contributed by atoms with Crippen molar-refractivity contribution in [1.29, 1.82) is 0 Å². The molecule has 0 spiro atoms. The number of nitrogens with zero attached hydrogens (tertiary/aromatic N) is 1. The normalized spacial score (nSPS) is 17.5. The molecule has 1 heterocycles. The molecular weight excluding hydrogens is 340 g/mol. The van der Waals surface area contributed by atoms with Crippen LogP contribution in [0.2, 0.25) is 0 Å². The van der Waals surface area contributed by atoms with E-state index < -0.39 is 0 Å². The zero-order chi connectivity index (χ0) is 14.0. The minimum Gasteiger partial charge on any atom is -0.339 e. The van der Waals surface area contributed by atoms with E-state index in [-0.39, 0.29) is 24.4 Å². The van der Waals surface area contributed by atoms with Crippen molar-refractivity contribution in [2.45, 2.75) is 32.7 Å². The summed E-state index contributed by atoms with van der Waals surface area (Å²) in [5.74, 6) is 0.689. The van der Waals surface area contributed by atoms with Gasteiger partial charge in [0.15, 0.2) is 0 Å². The van der Waals surface area contributed by atoms with Crippen molar-refractivity contribution in [2.75, 3.05) is 13.1 Å². The van der Waals surface area contributed by atoms with Gasteiger partial charge in [0.05, 0.1) is 0 Å². The lowest BCUT2D eigenvalue weighted by Crippen LogP contribution is -2.42. The first-order chi connectivity index (χ1) is 8.99. The minimum atomic E-state index is 0. The number of piperidine rings is 1. The molecule has 0 aromatic heterocycles. The highest BCUT2D eigenvalue weighted by Crippen LogP contribution is 2.23. The highest BCUT2D eigenvalue weighted by molar-refractivity contribution is 9.10. The lowest BCUT2D eigenvalue weighted by Gasteiger charge is -2.33. The van der Waals surface area contributed by atoms with E-state index in [1.165, 1.54) is 0 Å². The van der Waals surface area contributed by atoms with E-state index in [1.54, 1.807) is 0 Å². The summed E-state index contributed by atoms with van der Waals surface area (Å²) in [4.78, 5) is 14.4. The fraction of sp³-hybridized carbons (Fsp3) is 0.533. The number of amides is 1. The molecule has 0 aliphatic carbocycles. The fourth-order valence-electron chi connectivity index (χ4n) is 2.59. The van der Waals surface area contributed by atoms with E-state index in [1.807, 2.05) is 30.0 Å². The number of rotatable bonds is 2. The first-order valence-corrected chi connectivity index (χ1v) is 7.59. The van der Waals surface area contributed by atoms with Gasteiger partial charge < -0.3 is 10.6 Å². The van der Waals surface area contributed by atoms with Crippen LogP contribution < -0.4 is 5.73 Å². The van der Waals surface area contributed by atoms with Crippen LogP contribution in [0.15, 0.2) is 22.7 Å². The van der Waals surface area contributed by atoms with Crippen LogP contribution in [0.25, 0.3) is 0 Å². The summed E-state index contributed by atoms with van der Waals surface area (Å²) in [6.45, 7) is 5.70. The predicted octanol–water partition coefficient (Wildman–Crippen LogP) is 3.38. The van der Waals surface area contributed by atoms with Crippen LogP contribution in [-0.2, 0) is 0 Å². The Morgan fingerprint density at radius 2 is 2.00 bits per heavy atom. The molecule has 1 atom stereocenters. The molecule has 2 N–H and O–H groups in total. The van der Waals surface area contributed by atoms with E-state index >= 15 is 0 Å². The Morgan fingerprint density at radius 3 is 2.50 bits per heavy atom. The third-order valence-corrected chi connectivity index (χ3v) is 4.87. The van der Waals surface area contributed by atoms with Gasteiger partial charge in [-0.15, -0.1) is 12.4 Å². The molecule has 0 radical (unpaired) electrons. The van der Waals surface area contributed by atoms with E-state index in [0.717, 1.165) is 41.5 Å². The summed E-state index contributed by atoms with van der Waals surface area (Å²) in [6.07, 6.45) is 2.03. The third-order valence-electron chi connectivity index (χ3n) is 3.98. The van der Waals surface area contributed by atoms with Crippen molar-refractivity contribution in [3.05, 3.63) is 33.8 Å². The van der Waals surface area contributed by atoms with Crippen molar-refractivity contribution < 1.29 is 4.79 Å². The number of nitrogens with two attached hydrogens (primary N) is 1. The molecule has 5 heteroatoms. The molecule has 1 saturated heterocycles. The molecule has 112 valence electrons. The Morgan fingerprint density at radius 1 is 1.40 bits per heavy atom. The molecule has 3 nitrogen and oxygen atoms in total. The van der Waals surface area contributed by atoms with Crippen molar-refractivity contribution in [3.63, 3.8) is 0 Å². The second-order valence-corrected chi connectivity index (χ2v) is 6.31. The molecule has 0 saturated carbocycles. The van der Waals surface area contributed by atoms with Crippen molar-refractivity contribution in [2.24, 2.45) is 11.7 Å². The van der Waals surface area contributed by atoms with Crippen LogP contribution in [0.4, 0.5) is 0 Å². The van der Waals surface area contributed by atoms with Crippen LogP contribution in [0.3, 0.4) is 0 Å². The number of hydrogen-bond donors (Lipinski definition) is 1. The first kappa shape index (κ1) is 17.5. The Labute approximate surface area is 135 Å². The first-order valence-electron chi connectivity index (χ1n) is 6.80. The monoisotopic (exact) mass is 360 g/mol. The van der Waals surface area contributed by atoms with Gasteiger partial charge in [0.2, 0.25) is 0 Å². The average molecular weight is 362 g/mol. The van der Waals surface area contributed by atoms with Gasteiger partial charge in [-0.25, -0.2) is 0 Å². The minimum absolute atomic E-state index is 0. The quantitative estimate of drug-likeness (QED) is 0.878. The summed E-state index contributed by atoms with van der Waals surface area (Å²) in [7, 11) is 0. The van der Waals surface area contributed by atoms with Crippen LogP contribution in [0.5, 0.6) is 0 Å². The molecule has 1 fully saturated rings. The van der Waals surface area contributed by atoms with Crippen molar-refractivity contribution in [1.82, 2.24) is 4.90 Å². The highest BCUT2D eigenvalue weighted by Gasteiger charge is 2.25. The van der Waals surface area contributed by atoms with Gasteiger partial charge in [0.25, 0.3) is 5.91 Å². The fourth-order valence-corrected chi connectivity index (χ4v) is 2.84. The topological polar surface area (TPSA) is 46.3 Å². The molecule has 1 unspecified atom stereocenters. The summed E-state index contributed by atoms with van der Waals surface area (Å²) in [6, 6.07) is 6.01. The average Bonchev–Trinajstić information content (AvgIpc) is 2.41. The van der Waals surface area contributed by atoms with Crippen LogP contribution in [-0.4, -0.2) is 29.9 Å². The molecule has 1 amide bonds. The molecule has 1 aliphatic rings. The van der Waals surface area contributed by atoms with E-state index in [0.29, 0.717) is 5.92 Å². The van der Waals surface area contributed by atoms with Gasteiger partial charge >= 0.3 is 0 Å². The zero-order valence-corrected chi connectivity index (χ0v) is 14.3. The second kappa shape index (κ2) is 7.43.